The maximum Gasteiger partial charge on any atom is 0.206 e. The summed E-state index contributed by atoms with van der Waals surface area (Å²) in [4.78, 5) is 7.18. The van der Waals surface area contributed by atoms with E-state index in [1.807, 2.05) is 0 Å². The van der Waals surface area contributed by atoms with Crippen LogP contribution in [0.5, 0.6) is 0 Å². The van der Waals surface area contributed by atoms with E-state index in [0.29, 0.717) is 12.1 Å². The highest BCUT2D eigenvalue weighted by Gasteiger charge is 2.39. The van der Waals surface area contributed by atoms with Crippen LogP contribution >= 0.6 is 0 Å². The van der Waals surface area contributed by atoms with Crippen molar-refractivity contribution in [2.45, 2.75) is 37.8 Å². The average Bonchev–Trinajstić information content (AvgIpc) is 2.88. The quantitative estimate of drug-likeness (QED) is 0.690. The first-order valence-electron chi connectivity index (χ1n) is 6.56. The summed E-state index contributed by atoms with van der Waals surface area (Å²) in [5.41, 5.74) is 2.45. The highest BCUT2D eigenvalue weighted by atomic mass is 15.4. The lowest BCUT2D eigenvalue weighted by molar-refractivity contribution is 0.341. The molecule has 1 aliphatic carbocycles. The van der Waals surface area contributed by atoms with Gasteiger partial charge in [-0.3, -0.25) is 0 Å². The third-order valence-electron chi connectivity index (χ3n) is 4.42. The van der Waals surface area contributed by atoms with Gasteiger partial charge in [0.15, 0.2) is 0 Å². The summed E-state index contributed by atoms with van der Waals surface area (Å²) in [6.07, 6.45) is 5.36. The van der Waals surface area contributed by atoms with Gasteiger partial charge in [-0.15, -0.1) is 0 Å². The van der Waals surface area contributed by atoms with E-state index in [0.717, 1.165) is 5.52 Å². The fourth-order valence-corrected chi connectivity index (χ4v) is 3.60. The largest absolute Gasteiger partial charge is 0.340 e. The summed E-state index contributed by atoms with van der Waals surface area (Å²) in [7, 11) is 2.20. The first-order chi connectivity index (χ1) is 8.36. The zero-order valence-electron chi connectivity index (χ0n) is 10.1. The van der Waals surface area contributed by atoms with Crippen LogP contribution in [-0.4, -0.2) is 22.6 Å². The van der Waals surface area contributed by atoms with E-state index in [1.54, 1.807) is 0 Å². The van der Waals surface area contributed by atoms with Crippen molar-refractivity contribution >= 4 is 17.0 Å². The number of rotatable bonds is 0. The molecule has 2 aromatic rings. The van der Waals surface area contributed by atoms with Gasteiger partial charge < -0.3 is 9.47 Å². The second-order valence-electron chi connectivity index (χ2n) is 5.30. The van der Waals surface area contributed by atoms with E-state index in [9.17, 15) is 0 Å². The Morgan fingerprint density at radius 1 is 1.12 bits per heavy atom. The molecule has 1 fully saturated rings. The number of para-hydroxylation sites is 2. The number of nitrogens with zero attached hydrogens (tertiary/aromatic N) is 3. The highest BCUT2D eigenvalue weighted by molar-refractivity contribution is 5.80. The van der Waals surface area contributed by atoms with Gasteiger partial charge in [0.25, 0.3) is 0 Å². The molecule has 0 N–H and O–H groups in total. The number of hydrogen-bond acceptors (Lipinski definition) is 2. The van der Waals surface area contributed by atoms with Crippen molar-refractivity contribution in [3.05, 3.63) is 24.3 Å². The van der Waals surface area contributed by atoms with Crippen LogP contribution in [0.15, 0.2) is 24.3 Å². The minimum Gasteiger partial charge on any atom is -0.340 e. The molecular weight excluding hydrogens is 210 g/mol. The standard InChI is InChI=1S/C14H17N3/c1-16-12-8-4-5-9-13(12)17-11-7-3-2-6-10(11)15-14(16)17/h2-3,6-7,12-13H,4-5,8-9H2,1H3/t12?,13-/m1/s1. The molecule has 1 aromatic carbocycles. The van der Waals surface area contributed by atoms with Gasteiger partial charge in [-0.2, -0.15) is 0 Å². The molecule has 3 heteroatoms. The molecule has 3 nitrogen and oxygen atoms in total. The number of benzene rings is 1. The van der Waals surface area contributed by atoms with E-state index in [1.165, 1.54) is 37.1 Å². The fraction of sp³-hybridized carbons (Fsp3) is 0.500. The van der Waals surface area contributed by atoms with Crippen LogP contribution in [0.2, 0.25) is 0 Å². The maximum absolute atomic E-state index is 4.79. The molecule has 4 rings (SSSR count). The SMILES string of the molecule is CN1c2nc3ccccc3n2[C@@H]2CCCCC21. The molecule has 0 radical (unpaired) electrons. The van der Waals surface area contributed by atoms with E-state index in [-0.39, 0.29) is 0 Å². The molecule has 1 saturated carbocycles. The lowest BCUT2D eigenvalue weighted by atomic mass is 9.90. The normalized spacial score (nSPS) is 27.2. The minimum absolute atomic E-state index is 0.649. The summed E-state index contributed by atoms with van der Waals surface area (Å²) in [6.45, 7) is 0. The molecule has 2 atom stereocenters. The third kappa shape index (κ3) is 1.14. The second kappa shape index (κ2) is 3.25. The lowest BCUT2D eigenvalue weighted by Crippen LogP contribution is -2.33. The Morgan fingerprint density at radius 3 is 2.76 bits per heavy atom. The molecule has 0 spiro atoms. The van der Waals surface area contributed by atoms with Crippen LogP contribution in [0.4, 0.5) is 5.95 Å². The van der Waals surface area contributed by atoms with Crippen molar-refractivity contribution in [2.24, 2.45) is 0 Å². The predicted molar refractivity (Wildman–Crippen MR) is 69.4 cm³/mol. The molecule has 1 aromatic heterocycles. The molecule has 1 unspecified atom stereocenters. The first-order valence-corrected chi connectivity index (χ1v) is 6.56. The second-order valence-corrected chi connectivity index (χ2v) is 5.30. The van der Waals surface area contributed by atoms with E-state index < -0.39 is 0 Å². The molecule has 0 bridgehead atoms. The van der Waals surface area contributed by atoms with E-state index >= 15 is 0 Å². The fourth-order valence-electron chi connectivity index (χ4n) is 3.60. The smallest absolute Gasteiger partial charge is 0.206 e. The molecule has 0 saturated heterocycles. The molecule has 0 amide bonds. The van der Waals surface area contributed by atoms with Gasteiger partial charge in [-0.05, 0) is 25.0 Å². The molecule has 2 heterocycles. The van der Waals surface area contributed by atoms with Gasteiger partial charge in [-0.25, -0.2) is 4.98 Å². The molecule has 88 valence electrons. The van der Waals surface area contributed by atoms with Crippen LogP contribution in [0.1, 0.15) is 31.7 Å². The topological polar surface area (TPSA) is 21.1 Å². The molecule has 2 aliphatic rings. The number of anilines is 1. The number of fused-ring (bicyclic) bond motifs is 5. The monoisotopic (exact) mass is 227 g/mol. The van der Waals surface area contributed by atoms with Gasteiger partial charge in [-0.1, -0.05) is 25.0 Å². The van der Waals surface area contributed by atoms with Crippen molar-refractivity contribution in [2.75, 3.05) is 11.9 Å². The maximum atomic E-state index is 4.79. The minimum atomic E-state index is 0.649. The summed E-state index contributed by atoms with van der Waals surface area (Å²) in [5, 5.41) is 0. The van der Waals surface area contributed by atoms with Gasteiger partial charge in [0.05, 0.1) is 23.1 Å². The Bertz CT molecular complexity index is 572. The van der Waals surface area contributed by atoms with Gasteiger partial charge >= 0.3 is 0 Å². The Kier molecular flexibility index (Phi) is 1.82. The van der Waals surface area contributed by atoms with Gasteiger partial charge in [0.1, 0.15) is 0 Å². The van der Waals surface area contributed by atoms with E-state index in [2.05, 4.69) is 40.8 Å². The molecule has 17 heavy (non-hydrogen) atoms. The third-order valence-corrected chi connectivity index (χ3v) is 4.42. The summed E-state index contributed by atoms with van der Waals surface area (Å²) < 4.78 is 2.47. The number of likely N-dealkylation sites (N-methyl/N-ethyl adjacent to an activating group) is 1. The number of aromatic nitrogens is 2. The first kappa shape index (κ1) is 9.51. The zero-order valence-corrected chi connectivity index (χ0v) is 10.1. The Balaban J connectivity index is 1.96. The summed E-state index contributed by atoms with van der Waals surface area (Å²) in [5.74, 6) is 1.17. The predicted octanol–water partition coefficient (Wildman–Crippen LogP) is 2.97. The van der Waals surface area contributed by atoms with Crippen molar-refractivity contribution in [1.82, 2.24) is 9.55 Å². The van der Waals surface area contributed by atoms with Gasteiger partial charge in [0, 0.05) is 7.05 Å². The van der Waals surface area contributed by atoms with Crippen LogP contribution < -0.4 is 4.90 Å². The van der Waals surface area contributed by atoms with Crippen LogP contribution in [0.3, 0.4) is 0 Å². The van der Waals surface area contributed by atoms with E-state index in [4.69, 9.17) is 4.98 Å². The zero-order chi connectivity index (χ0) is 11.4. The van der Waals surface area contributed by atoms with Crippen molar-refractivity contribution in [3.8, 4) is 0 Å². The summed E-state index contributed by atoms with van der Waals surface area (Å²) in [6, 6.07) is 9.84. The van der Waals surface area contributed by atoms with Crippen molar-refractivity contribution in [3.63, 3.8) is 0 Å². The highest BCUT2D eigenvalue weighted by Crippen LogP contribution is 2.43. The Labute approximate surface area is 101 Å². The average molecular weight is 227 g/mol. The van der Waals surface area contributed by atoms with Crippen LogP contribution in [0.25, 0.3) is 11.0 Å². The van der Waals surface area contributed by atoms with Crippen LogP contribution in [0, 0.1) is 0 Å². The van der Waals surface area contributed by atoms with Crippen molar-refractivity contribution < 1.29 is 0 Å². The molecular formula is C14H17N3. The summed E-state index contributed by atoms with van der Waals surface area (Å²) >= 11 is 0. The van der Waals surface area contributed by atoms with Crippen LogP contribution in [-0.2, 0) is 0 Å². The number of imidazole rings is 1. The number of hydrogen-bond donors (Lipinski definition) is 0. The Morgan fingerprint density at radius 2 is 1.88 bits per heavy atom. The molecule has 1 aliphatic heterocycles. The Hall–Kier alpha value is -1.51. The van der Waals surface area contributed by atoms with Gasteiger partial charge in [0.2, 0.25) is 5.95 Å². The van der Waals surface area contributed by atoms with Crippen molar-refractivity contribution in [1.29, 1.82) is 0 Å². The lowest BCUT2D eigenvalue weighted by Gasteiger charge is -2.30.